The predicted octanol–water partition coefficient (Wildman–Crippen LogP) is 1.92. The first-order chi connectivity index (χ1) is 7.77. The van der Waals surface area contributed by atoms with E-state index in [9.17, 15) is 4.79 Å². The number of carboxylic acid groups (broad SMARTS) is 1. The molecule has 0 aliphatic carbocycles. The van der Waals surface area contributed by atoms with Crippen LogP contribution in [0, 0.1) is 0 Å². The molecule has 2 rings (SSSR count). The van der Waals surface area contributed by atoms with E-state index >= 15 is 0 Å². The second-order valence-corrected chi connectivity index (χ2v) is 3.07. The van der Waals surface area contributed by atoms with Crippen molar-refractivity contribution in [3.05, 3.63) is 48.4 Å². The van der Waals surface area contributed by atoms with Crippen LogP contribution in [-0.2, 0) is 0 Å². The minimum absolute atomic E-state index is 0.167. The maximum atomic E-state index is 10.9. The number of carbonyl (C=O) groups is 1. The van der Waals surface area contributed by atoms with Gasteiger partial charge < -0.3 is 10.4 Å². The number of nitrogens with zero attached hydrogens (tertiary/aromatic N) is 2. The van der Waals surface area contributed by atoms with E-state index in [0.717, 1.165) is 0 Å². The van der Waals surface area contributed by atoms with Crippen molar-refractivity contribution < 1.29 is 9.90 Å². The molecule has 0 amide bonds. The number of aromatic carboxylic acids is 1. The maximum Gasteiger partial charge on any atom is 0.337 e. The van der Waals surface area contributed by atoms with Gasteiger partial charge in [-0.1, -0.05) is 6.07 Å². The second kappa shape index (κ2) is 4.39. The van der Waals surface area contributed by atoms with E-state index in [1.807, 2.05) is 6.07 Å². The highest BCUT2D eigenvalue weighted by atomic mass is 16.4. The number of anilines is 2. The highest BCUT2D eigenvalue weighted by molar-refractivity contribution is 5.94. The molecule has 5 heteroatoms. The van der Waals surface area contributed by atoms with Crippen LogP contribution in [0.1, 0.15) is 10.4 Å². The molecule has 0 bridgehead atoms. The molecule has 0 saturated carbocycles. The Bertz CT molecular complexity index is 500. The molecule has 0 aliphatic rings. The standard InChI is InChI=1S/C11H9N3O2/c15-11(16)8-4-6-12-7-9(8)14-10-3-1-2-5-13-10/h1-7H,(H,13,14)(H,15,16). The van der Waals surface area contributed by atoms with Crippen LogP contribution in [0.3, 0.4) is 0 Å². The average Bonchev–Trinajstić information content (AvgIpc) is 2.31. The van der Waals surface area contributed by atoms with Crippen LogP contribution in [0.4, 0.5) is 11.5 Å². The molecule has 16 heavy (non-hydrogen) atoms. The monoisotopic (exact) mass is 215 g/mol. The van der Waals surface area contributed by atoms with E-state index in [0.29, 0.717) is 11.5 Å². The summed E-state index contributed by atoms with van der Waals surface area (Å²) in [5.41, 5.74) is 0.592. The quantitative estimate of drug-likeness (QED) is 0.818. The Balaban J connectivity index is 2.31. The summed E-state index contributed by atoms with van der Waals surface area (Å²) in [6, 6.07) is 6.78. The fourth-order valence-electron chi connectivity index (χ4n) is 1.26. The molecule has 0 aromatic carbocycles. The lowest BCUT2D eigenvalue weighted by Crippen LogP contribution is -2.03. The molecule has 0 fully saturated rings. The number of rotatable bonds is 3. The minimum atomic E-state index is -0.999. The van der Waals surface area contributed by atoms with E-state index in [4.69, 9.17) is 5.11 Å². The molecule has 0 radical (unpaired) electrons. The molecule has 2 heterocycles. The topological polar surface area (TPSA) is 75.1 Å². The Kier molecular flexibility index (Phi) is 2.77. The van der Waals surface area contributed by atoms with Crippen molar-refractivity contribution in [2.45, 2.75) is 0 Å². The van der Waals surface area contributed by atoms with Gasteiger partial charge in [0, 0.05) is 12.4 Å². The molecular formula is C11H9N3O2. The zero-order valence-corrected chi connectivity index (χ0v) is 8.29. The molecule has 0 spiro atoms. The van der Waals surface area contributed by atoms with Gasteiger partial charge in [-0.3, -0.25) is 4.98 Å². The Morgan fingerprint density at radius 2 is 2.12 bits per heavy atom. The largest absolute Gasteiger partial charge is 0.478 e. The third kappa shape index (κ3) is 2.14. The van der Waals surface area contributed by atoms with Crippen molar-refractivity contribution in [1.82, 2.24) is 9.97 Å². The molecule has 2 aromatic heterocycles. The van der Waals surface area contributed by atoms with Gasteiger partial charge >= 0.3 is 5.97 Å². The van der Waals surface area contributed by atoms with Crippen molar-refractivity contribution in [2.75, 3.05) is 5.32 Å². The average molecular weight is 215 g/mol. The van der Waals surface area contributed by atoms with Gasteiger partial charge in [0.25, 0.3) is 0 Å². The maximum absolute atomic E-state index is 10.9. The van der Waals surface area contributed by atoms with Gasteiger partial charge in [0.2, 0.25) is 0 Å². The molecule has 80 valence electrons. The number of hydrogen-bond donors (Lipinski definition) is 2. The molecule has 0 unspecified atom stereocenters. The predicted molar refractivity (Wildman–Crippen MR) is 58.7 cm³/mol. The van der Waals surface area contributed by atoms with Crippen LogP contribution in [0.25, 0.3) is 0 Å². The van der Waals surface area contributed by atoms with Crippen LogP contribution in [0.15, 0.2) is 42.9 Å². The van der Waals surface area contributed by atoms with Gasteiger partial charge in [0.05, 0.1) is 17.4 Å². The van der Waals surface area contributed by atoms with Gasteiger partial charge in [-0.05, 0) is 18.2 Å². The van der Waals surface area contributed by atoms with Crippen molar-refractivity contribution in [2.24, 2.45) is 0 Å². The molecule has 2 N–H and O–H groups in total. The summed E-state index contributed by atoms with van der Waals surface area (Å²) >= 11 is 0. The van der Waals surface area contributed by atoms with Gasteiger partial charge in [0.15, 0.2) is 0 Å². The number of hydrogen-bond acceptors (Lipinski definition) is 4. The van der Waals surface area contributed by atoms with E-state index in [1.54, 1.807) is 18.3 Å². The Hall–Kier alpha value is -2.43. The molecule has 2 aromatic rings. The third-order valence-corrected chi connectivity index (χ3v) is 1.98. The fraction of sp³-hybridized carbons (Fsp3) is 0. The number of carboxylic acids is 1. The zero-order chi connectivity index (χ0) is 11.4. The van der Waals surface area contributed by atoms with E-state index in [-0.39, 0.29) is 5.56 Å². The lowest BCUT2D eigenvalue weighted by atomic mass is 10.2. The van der Waals surface area contributed by atoms with Crippen LogP contribution < -0.4 is 5.32 Å². The third-order valence-electron chi connectivity index (χ3n) is 1.98. The van der Waals surface area contributed by atoms with E-state index in [2.05, 4.69) is 15.3 Å². The molecular weight excluding hydrogens is 206 g/mol. The summed E-state index contributed by atoms with van der Waals surface area (Å²) in [7, 11) is 0. The van der Waals surface area contributed by atoms with Crippen LogP contribution in [-0.4, -0.2) is 21.0 Å². The molecule has 0 saturated heterocycles. The van der Waals surface area contributed by atoms with Crippen LogP contribution in [0.5, 0.6) is 0 Å². The number of aromatic nitrogens is 2. The number of pyridine rings is 2. The first kappa shape index (κ1) is 10.1. The lowest BCUT2D eigenvalue weighted by molar-refractivity contribution is 0.0698. The molecule has 0 aliphatic heterocycles. The summed E-state index contributed by atoms with van der Waals surface area (Å²) in [4.78, 5) is 18.8. The SMILES string of the molecule is O=C(O)c1ccncc1Nc1ccccn1. The van der Waals surface area contributed by atoms with Gasteiger partial charge in [0.1, 0.15) is 5.82 Å². The first-order valence-electron chi connectivity index (χ1n) is 4.63. The highest BCUT2D eigenvalue weighted by Gasteiger charge is 2.09. The van der Waals surface area contributed by atoms with Crippen LogP contribution >= 0.6 is 0 Å². The number of nitrogens with one attached hydrogen (secondary N) is 1. The Morgan fingerprint density at radius 3 is 2.81 bits per heavy atom. The van der Waals surface area contributed by atoms with Gasteiger partial charge in [-0.15, -0.1) is 0 Å². The molecule has 0 atom stereocenters. The zero-order valence-electron chi connectivity index (χ0n) is 8.29. The van der Waals surface area contributed by atoms with E-state index < -0.39 is 5.97 Å². The lowest BCUT2D eigenvalue weighted by Gasteiger charge is -2.07. The van der Waals surface area contributed by atoms with Crippen molar-refractivity contribution in [1.29, 1.82) is 0 Å². The van der Waals surface area contributed by atoms with Crippen LogP contribution in [0.2, 0.25) is 0 Å². The molecule has 5 nitrogen and oxygen atoms in total. The van der Waals surface area contributed by atoms with Crippen molar-refractivity contribution in [3.63, 3.8) is 0 Å². The van der Waals surface area contributed by atoms with Crippen molar-refractivity contribution >= 4 is 17.5 Å². The summed E-state index contributed by atoms with van der Waals surface area (Å²) in [6.07, 6.45) is 4.52. The van der Waals surface area contributed by atoms with Gasteiger partial charge in [-0.25, -0.2) is 9.78 Å². The Labute approximate surface area is 91.8 Å². The van der Waals surface area contributed by atoms with Crippen molar-refractivity contribution in [3.8, 4) is 0 Å². The smallest absolute Gasteiger partial charge is 0.337 e. The first-order valence-corrected chi connectivity index (χ1v) is 4.63. The fourth-order valence-corrected chi connectivity index (χ4v) is 1.26. The summed E-state index contributed by atoms with van der Waals surface area (Å²) < 4.78 is 0. The normalized spacial score (nSPS) is 9.75. The minimum Gasteiger partial charge on any atom is -0.478 e. The Morgan fingerprint density at radius 1 is 1.25 bits per heavy atom. The van der Waals surface area contributed by atoms with Gasteiger partial charge in [-0.2, -0.15) is 0 Å². The summed E-state index contributed by atoms with van der Waals surface area (Å²) in [5, 5.41) is 11.9. The van der Waals surface area contributed by atoms with E-state index in [1.165, 1.54) is 18.5 Å². The summed E-state index contributed by atoms with van der Waals surface area (Å²) in [5.74, 6) is -0.418. The second-order valence-electron chi connectivity index (χ2n) is 3.07. The highest BCUT2D eigenvalue weighted by Crippen LogP contribution is 2.17. The summed E-state index contributed by atoms with van der Waals surface area (Å²) in [6.45, 7) is 0.